The molecule has 14 heavy (non-hydrogen) atoms. The fraction of sp³-hybridized carbons (Fsp3) is 0.545. The van der Waals surface area contributed by atoms with Crippen molar-refractivity contribution in [2.24, 2.45) is 0 Å². The van der Waals surface area contributed by atoms with E-state index in [1.807, 2.05) is 18.3 Å². The fourth-order valence-corrected chi connectivity index (χ4v) is 1.15. The summed E-state index contributed by atoms with van der Waals surface area (Å²) in [6.07, 6.45) is 3.59. The highest BCUT2D eigenvalue weighted by atomic mass is 16.3. The Balaban J connectivity index is 2.48. The molecule has 0 saturated heterocycles. The van der Waals surface area contributed by atoms with Crippen LogP contribution >= 0.6 is 0 Å². The first kappa shape index (κ1) is 11.1. The first-order valence-electron chi connectivity index (χ1n) is 4.85. The molecule has 0 saturated carbocycles. The standard InChI is InChI=1S/C11H18N2O/c1-9(13-8-11(2,3)14)10-5-4-6-12-7-10/h4-7,9,13-14H,8H2,1-3H3/t9-/m1/s1. The summed E-state index contributed by atoms with van der Waals surface area (Å²) in [4.78, 5) is 4.05. The molecular weight excluding hydrogens is 176 g/mol. The molecule has 0 aromatic carbocycles. The van der Waals surface area contributed by atoms with Gasteiger partial charge < -0.3 is 10.4 Å². The van der Waals surface area contributed by atoms with E-state index in [-0.39, 0.29) is 6.04 Å². The monoisotopic (exact) mass is 194 g/mol. The lowest BCUT2D eigenvalue weighted by Crippen LogP contribution is -2.36. The van der Waals surface area contributed by atoms with E-state index in [1.165, 1.54) is 0 Å². The zero-order valence-corrected chi connectivity index (χ0v) is 8.99. The van der Waals surface area contributed by atoms with Gasteiger partial charge in [0.25, 0.3) is 0 Å². The molecule has 78 valence electrons. The summed E-state index contributed by atoms with van der Waals surface area (Å²) in [7, 11) is 0. The molecule has 0 unspecified atom stereocenters. The first-order chi connectivity index (χ1) is 6.49. The topological polar surface area (TPSA) is 45.1 Å². The maximum Gasteiger partial charge on any atom is 0.0715 e. The number of aromatic nitrogens is 1. The second kappa shape index (κ2) is 4.53. The number of aliphatic hydroxyl groups is 1. The van der Waals surface area contributed by atoms with Crippen molar-refractivity contribution in [3.8, 4) is 0 Å². The van der Waals surface area contributed by atoms with Crippen molar-refractivity contribution < 1.29 is 5.11 Å². The van der Waals surface area contributed by atoms with Crippen LogP contribution in [-0.4, -0.2) is 22.2 Å². The Kier molecular flexibility index (Phi) is 3.61. The Morgan fingerprint density at radius 2 is 2.29 bits per heavy atom. The molecule has 1 aromatic rings. The van der Waals surface area contributed by atoms with Gasteiger partial charge in [-0.2, -0.15) is 0 Å². The molecule has 1 atom stereocenters. The van der Waals surface area contributed by atoms with Gasteiger partial charge in [0.15, 0.2) is 0 Å². The van der Waals surface area contributed by atoms with Crippen LogP contribution in [0.15, 0.2) is 24.5 Å². The molecule has 0 aliphatic carbocycles. The van der Waals surface area contributed by atoms with Gasteiger partial charge in [-0.15, -0.1) is 0 Å². The third kappa shape index (κ3) is 3.85. The van der Waals surface area contributed by atoms with Gasteiger partial charge in [-0.3, -0.25) is 4.98 Å². The highest BCUT2D eigenvalue weighted by molar-refractivity contribution is 5.12. The van der Waals surface area contributed by atoms with Crippen molar-refractivity contribution in [3.63, 3.8) is 0 Å². The van der Waals surface area contributed by atoms with Crippen LogP contribution in [0.1, 0.15) is 32.4 Å². The smallest absolute Gasteiger partial charge is 0.0715 e. The van der Waals surface area contributed by atoms with Crippen LogP contribution in [0.3, 0.4) is 0 Å². The molecule has 0 fully saturated rings. The van der Waals surface area contributed by atoms with Crippen LogP contribution in [0.2, 0.25) is 0 Å². The third-order valence-electron chi connectivity index (χ3n) is 2.03. The predicted molar refractivity (Wildman–Crippen MR) is 57.0 cm³/mol. The molecular formula is C11H18N2O. The van der Waals surface area contributed by atoms with Crippen LogP contribution < -0.4 is 5.32 Å². The highest BCUT2D eigenvalue weighted by Gasteiger charge is 2.14. The maximum atomic E-state index is 9.54. The summed E-state index contributed by atoms with van der Waals surface area (Å²) in [5.74, 6) is 0. The minimum atomic E-state index is -0.670. The quantitative estimate of drug-likeness (QED) is 0.763. The minimum absolute atomic E-state index is 0.218. The summed E-state index contributed by atoms with van der Waals surface area (Å²) in [6.45, 7) is 6.21. The summed E-state index contributed by atoms with van der Waals surface area (Å²) < 4.78 is 0. The Hall–Kier alpha value is -0.930. The molecule has 0 aliphatic rings. The molecule has 0 bridgehead atoms. The average molecular weight is 194 g/mol. The van der Waals surface area contributed by atoms with E-state index in [4.69, 9.17) is 0 Å². The van der Waals surface area contributed by atoms with Crippen molar-refractivity contribution in [2.45, 2.75) is 32.4 Å². The molecule has 0 spiro atoms. The van der Waals surface area contributed by atoms with Gasteiger partial charge in [0.2, 0.25) is 0 Å². The lowest BCUT2D eigenvalue weighted by Gasteiger charge is -2.21. The van der Waals surface area contributed by atoms with Crippen LogP contribution in [0.25, 0.3) is 0 Å². The highest BCUT2D eigenvalue weighted by Crippen LogP contribution is 2.10. The molecule has 3 nitrogen and oxygen atoms in total. The summed E-state index contributed by atoms with van der Waals surface area (Å²) >= 11 is 0. The molecule has 0 aliphatic heterocycles. The van der Waals surface area contributed by atoms with E-state index in [1.54, 1.807) is 20.0 Å². The number of pyridine rings is 1. The van der Waals surface area contributed by atoms with Crippen LogP contribution in [0.4, 0.5) is 0 Å². The molecule has 1 rings (SSSR count). The summed E-state index contributed by atoms with van der Waals surface area (Å²) in [6, 6.07) is 4.15. The van der Waals surface area contributed by atoms with Gasteiger partial charge in [-0.05, 0) is 32.4 Å². The third-order valence-corrected chi connectivity index (χ3v) is 2.03. The van der Waals surface area contributed by atoms with Gasteiger partial charge >= 0.3 is 0 Å². The van der Waals surface area contributed by atoms with Gasteiger partial charge in [0.05, 0.1) is 5.60 Å². The maximum absolute atomic E-state index is 9.54. The zero-order chi connectivity index (χ0) is 10.6. The van der Waals surface area contributed by atoms with Gasteiger partial charge in [-0.25, -0.2) is 0 Å². The van der Waals surface area contributed by atoms with Crippen LogP contribution in [-0.2, 0) is 0 Å². The van der Waals surface area contributed by atoms with Crippen molar-refractivity contribution in [3.05, 3.63) is 30.1 Å². The van der Waals surface area contributed by atoms with E-state index >= 15 is 0 Å². The Bertz CT molecular complexity index is 266. The normalized spacial score (nSPS) is 14.0. The van der Waals surface area contributed by atoms with E-state index in [0.29, 0.717) is 6.54 Å². The van der Waals surface area contributed by atoms with Crippen LogP contribution in [0, 0.1) is 0 Å². The van der Waals surface area contributed by atoms with Crippen molar-refractivity contribution in [1.82, 2.24) is 10.3 Å². The second-order valence-electron chi connectivity index (χ2n) is 4.20. The van der Waals surface area contributed by atoms with Crippen molar-refractivity contribution >= 4 is 0 Å². The van der Waals surface area contributed by atoms with E-state index in [0.717, 1.165) is 5.56 Å². The lowest BCUT2D eigenvalue weighted by atomic mass is 10.1. The van der Waals surface area contributed by atoms with Crippen LogP contribution in [0.5, 0.6) is 0 Å². The first-order valence-corrected chi connectivity index (χ1v) is 4.85. The van der Waals surface area contributed by atoms with Gasteiger partial charge in [0.1, 0.15) is 0 Å². The van der Waals surface area contributed by atoms with E-state index in [2.05, 4.69) is 17.2 Å². The average Bonchev–Trinajstić information content (AvgIpc) is 2.14. The Morgan fingerprint density at radius 3 is 2.79 bits per heavy atom. The molecule has 2 N–H and O–H groups in total. The largest absolute Gasteiger partial charge is 0.389 e. The molecule has 1 heterocycles. The number of nitrogens with zero attached hydrogens (tertiary/aromatic N) is 1. The van der Waals surface area contributed by atoms with Gasteiger partial charge in [0, 0.05) is 25.0 Å². The Labute approximate surface area is 85.2 Å². The molecule has 0 radical (unpaired) electrons. The fourth-order valence-electron chi connectivity index (χ4n) is 1.15. The number of hydrogen-bond acceptors (Lipinski definition) is 3. The van der Waals surface area contributed by atoms with Crippen molar-refractivity contribution in [1.29, 1.82) is 0 Å². The second-order valence-corrected chi connectivity index (χ2v) is 4.20. The zero-order valence-electron chi connectivity index (χ0n) is 8.99. The number of hydrogen-bond donors (Lipinski definition) is 2. The molecule has 1 aromatic heterocycles. The van der Waals surface area contributed by atoms with E-state index in [9.17, 15) is 5.11 Å². The SMILES string of the molecule is C[C@@H](NCC(C)(C)O)c1cccnc1. The number of rotatable bonds is 4. The van der Waals surface area contributed by atoms with Gasteiger partial charge in [-0.1, -0.05) is 6.07 Å². The predicted octanol–water partition coefficient (Wildman–Crippen LogP) is 1.50. The minimum Gasteiger partial charge on any atom is -0.389 e. The van der Waals surface area contributed by atoms with E-state index < -0.39 is 5.60 Å². The summed E-state index contributed by atoms with van der Waals surface area (Å²) in [5.41, 5.74) is 0.466. The Morgan fingerprint density at radius 1 is 1.57 bits per heavy atom. The van der Waals surface area contributed by atoms with Crippen molar-refractivity contribution in [2.75, 3.05) is 6.54 Å². The summed E-state index contributed by atoms with van der Waals surface area (Å²) in [5, 5.41) is 12.8. The lowest BCUT2D eigenvalue weighted by molar-refractivity contribution is 0.0770. The number of nitrogens with one attached hydrogen (secondary N) is 1. The molecule has 0 amide bonds. The molecule has 3 heteroatoms.